The van der Waals surface area contributed by atoms with Crippen molar-refractivity contribution in [3.63, 3.8) is 0 Å². The molecule has 5 heterocycles. The normalized spacial score (nSPS) is 12.0. The second-order valence-electron chi connectivity index (χ2n) is 14.8. The summed E-state index contributed by atoms with van der Waals surface area (Å²) < 4.78 is 0. The molecule has 0 fully saturated rings. The van der Waals surface area contributed by atoms with Gasteiger partial charge in [0, 0.05) is 49.9 Å². The number of aromatic amines is 2. The van der Waals surface area contributed by atoms with Crippen LogP contribution in [0.1, 0.15) is 44.3 Å². The number of aromatic nitrogens is 4. The molecule has 59 heavy (non-hydrogen) atoms. The highest BCUT2D eigenvalue weighted by Crippen LogP contribution is 2.39. The zero-order valence-corrected chi connectivity index (χ0v) is 32.4. The maximum atomic E-state index is 13.7. The van der Waals surface area contributed by atoms with Gasteiger partial charge in [0.25, 0.3) is 0 Å². The Morgan fingerprint density at radius 1 is 0.458 bits per heavy atom. The van der Waals surface area contributed by atoms with E-state index < -0.39 is 0 Å². The molecule has 0 unspecified atom stereocenters. The largest absolute Gasteiger partial charge is 0.354 e. The third-order valence-electron chi connectivity index (χ3n) is 10.9. The van der Waals surface area contributed by atoms with Crippen LogP contribution >= 0.6 is 0 Å². The van der Waals surface area contributed by atoms with Crippen LogP contribution in [-0.2, 0) is 0 Å². The van der Waals surface area contributed by atoms with Crippen LogP contribution < -0.4 is 0 Å². The zero-order valence-electron chi connectivity index (χ0n) is 32.4. The Bertz CT molecular complexity index is 3140. The van der Waals surface area contributed by atoms with Gasteiger partial charge in [0.2, 0.25) is 0 Å². The molecule has 0 saturated heterocycles. The Morgan fingerprint density at radius 2 is 0.864 bits per heavy atom. The first-order chi connectivity index (χ1) is 29.1. The summed E-state index contributed by atoms with van der Waals surface area (Å²) in [6, 6.07) is 55.7. The molecule has 3 aromatic heterocycles. The van der Waals surface area contributed by atoms with Crippen LogP contribution in [0.2, 0.25) is 0 Å². The van der Waals surface area contributed by atoms with E-state index in [0.29, 0.717) is 5.56 Å². The van der Waals surface area contributed by atoms with Crippen molar-refractivity contribution >= 4 is 58.2 Å². The number of aryl methyl sites for hydroxylation is 1. The Morgan fingerprint density at radius 3 is 1.32 bits per heavy atom. The smallest absolute Gasteiger partial charge is 0.185 e. The summed E-state index contributed by atoms with van der Waals surface area (Å²) in [5, 5.41) is 0. The minimum atomic E-state index is -0.0714. The van der Waals surface area contributed by atoms with Crippen molar-refractivity contribution in [2.75, 3.05) is 0 Å². The summed E-state index contributed by atoms with van der Waals surface area (Å²) in [5.41, 5.74) is 17.5. The average Bonchev–Trinajstić information content (AvgIpc) is 4.12. The van der Waals surface area contributed by atoms with Crippen molar-refractivity contribution in [1.82, 2.24) is 19.9 Å². The summed E-state index contributed by atoms with van der Waals surface area (Å²) in [6.07, 6.45) is 12.0. The lowest BCUT2D eigenvalue weighted by Gasteiger charge is -2.07. The maximum absolute atomic E-state index is 13.7. The van der Waals surface area contributed by atoms with Crippen molar-refractivity contribution in [3.05, 3.63) is 209 Å². The number of nitrogens with zero attached hydrogens (tertiary/aromatic N) is 2. The predicted octanol–water partition coefficient (Wildman–Crippen LogP) is 13.5. The molecule has 8 aromatic rings. The van der Waals surface area contributed by atoms with E-state index in [4.69, 9.17) is 9.97 Å². The number of carbonyl (C=O) groups is 1. The molecule has 5 heteroatoms. The second kappa shape index (κ2) is 15.2. The average molecular weight is 759 g/mol. The van der Waals surface area contributed by atoms with E-state index >= 15 is 0 Å². The quantitative estimate of drug-likeness (QED) is 0.126. The van der Waals surface area contributed by atoms with Gasteiger partial charge in [0.05, 0.1) is 28.3 Å². The number of hydrogen-bond acceptors (Lipinski definition) is 3. The van der Waals surface area contributed by atoms with Crippen molar-refractivity contribution in [2.24, 2.45) is 0 Å². The van der Waals surface area contributed by atoms with Crippen molar-refractivity contribution < 1.29 is 4.79 Å². The number of benzene rings is 5. The summed E-state index contributed by atoms with van der Waals surface area (Å²) in [5.74, 6) is -0.0714. The first-order valence-electron chi connectivity index (χ1n) is 19.8. The minimum absolute atomic E-state index is 0.0714. The van der Waals surface area contributed by atoms with Gasteiger partial charge < -0.3 is 9.97 Å². The predicted molar refractivity (Wildman–Crippen MR) is 245 cm³/mol. The van der Waals surface area contributed by atoms with Crippen LogP contribution in [0.5, 0.6) is 0 Å². The molecule has 2 aliphatic heterocycles. The van der Waals surface area contributed by atoms with Gasteiger partial charge in [0.15, 0.2) is 5.78 Å². The molecule has 0 atom stereocenters. The van der Waals surface area contributed by atoms with E-state index in [1.54, 1.807) is 6.08 Å². The van der Waals surface area contributed by atoms with Crippen LogP contribution in [0.25, 0.3) is 97.0 Å². The zero-order chi connectivity index (χ0) is 39.7. The van der Waals surface area contributed by atoms with Crippen LogP contribution in [0, 0.1) is 6.92 Å². The molecule has 0 amide bonds. The monoisotopic (exact) mass is 758 g/mol. The van der Waals surface area contributed by atoms with Crippen molar-refractivity contribution in [3.8, 4) is 44.5 Å². The summed E-state index contributed by atoms with van der Waals surface area (Å²) in [4.78, 5) is 32.3. The fourth-order valence-electron chi connectivity index (χ4n) is 8.05. The third-order valence-corrected chi connectivity index (χ3v) is 10.9. The fraction of sp³-hybridized carbons (Fsp3) is 0.0185. The van der Waals surface area contributed by atoms with Gasteiger partial charge in [-0.1, -0.05) is 151 Å². The number of ketones is 1. The highest BCUT2D eigenvalue weighted by molar-refractivity contribution is 6.08. The molecule has 0 radical (unpaired) electrons. The Labute approximate surface area is 342 Å². The second-order valence-corrected chi connectivity index (χ2v) is 14.8. The topological polar surface area (TPSA) is 74.4 Å². The SMILES string of the molecule is Cc1ccc(C(=O)/C=C\c2cc3[nH]c2c(-c2ccccc2)c2nc(c(-c4ccccc4)c4ccc([nH]4)c(-c4ccccc4)c4nc(c3-c3ccccc3)C=C4)C=C2)cc1. The molecule has 280 valence electrons. The molecular weight excluding hydrogens is 721 g/mol. The molecule has 5 nitrogen and oxygen atoms in total. The molecule has 2 aliphatic rings. The van der Waals surface area contributed by atoms with E-state index in [0.717, 1.165) is 100 Å². The van der Waals surface area contributed by atoms with Crippen molar-refractivity contribution in [1.29, 1.82) is 0 Å². The molecule has 5 aromatic carbocycles. The van der Waals surface area contributed by atoms with E-state index in [9.17, 15) is 4.79 Å². The number of rotatable bonds is 7. The van der Waals surface area contributed by atoms with Gasteiger partial charge in [-0.3, -0.25) is 4.79 Å². The maximum Gasteiger partial charge on any atom is 0.185 e. The van der Waals surface area contributed by atoms with Gasteiger partial charge >= 0.3 is 0 Å². The van der Waals surface area contributed by atoms with Gasteiger partial charge in [-0.05, 0) is 83.8 Å². The fourth-order valence-corrected chi connectivity index (χ4v) is 8.05. The number of nitrogens with one attached hydrogen (secondary N) is 2. The molecule has 10 rings (SSSR count). The standard InChI is InChI=1S/C54H38N4O/c1-35-22-24-36(25-23-35)49(59)33-26-41-34-48-52(39-18-10-4-11-19-39)46-30-29-44(56-46)50(37-14-6-2-7-15-37)42-27-28-43(55-42)51(38-16-8-3-9-17-38)45-31-32-47(57-45)53(54(41)58-48)40-20-12-5-13-21-40/h2-34,55,58H,1H3/b33-26-,50-42?,50-44?,51-43?,51-45?,52-46?,52-48?,53-47?,54-53?. The number of carbonyl (C=O) groups excluding carboxylic acids is 1. The van der Waals surface area contributed by atoms with Gasteiger partial charge in [-0.15, -0.1) is 0 Å². The van der Waals surface area contributed by atoms with Gasteiger partial charge in [0.1, 0.15) is 0 Å². The van der Waals surface area contributed by atoms with Crippen molar-refractivity contribution in [2.45, 2.75) is 6.92 Å². The highest BCUT2D eigenvalue weighted by Gasteiger charge is 2.20. The Balaban J connectivity index is 1.38. The van der Waals surface area contributed by atoms with E-state index in [1.807, 2.05) is 73.7 Å². The lowest BCUT2D eigenvalue weighted by atomic mass is 10.0. The van der Waals surface area contributed by atoms with Crippen LogP contribution in [-0.4, -0.2) is 25.7 Å². The number of H-pyrrole nitrogens is 2. The number of fused-ring (bicyclic) bond motifs is 8. The Hall–Kier alpha value is -7.89. The van der Waals surface area contributed by atoms with Gasteiger partial charge in [-0.25, -0.2) is 9.97 Å². The number of hydrogen-bond donors (Lipinski definition) is 2. The molecule has 0 saturated carbocycles. The first-order valence-corrected chi connectivity index (χ1v) is 19.8. The minimum Gasteiger partial charge on any atom is -0.354 e. The van der Waals surface area contributed by atoms with Crippen LogP contribution in [0.15, 0.2) is 170 Å². The third kappa shape index (κ3) is 6.85. The summed E-state index contributed by atoms with van der Waals surface area (Å²) >= 11 is 0. The highest BCUT2D eigenvalue weighted by atomic mass is 16.1. The summed E-state index contributed by atoms with van der Waals surface area (Å²) in [6.45, 7) is 2.02. The first kappa shape index (κ1) is 35.5. The van der Waals surface area contributed by atoms with E-state index in [1.165, 1.54) is 0 Å². The Kier molecular flexibility index (Phi) is 9.16. The van der Waals surface area contributed by atoms with E-state index in [-0.39, 0.29) is 5.78 Å². The lowest BCUT2D eigenvalue weighted by molar-refractivity contribution is 0.104. The summed E-state index contributed by atoms with van der Waals surface area (Å²) in [7, 11) is 0. The van der Waals surface area contributed by atoms with Crippen LogP contribution in [0.3, 0.4) is 0 Å². The van der Waals surface area contributed by atoms with Gasteiger partial charge in [-0.2, -0.15) is 0 Å². The van der Waals surface area contributed by atoms with Crippen LogP contribution in [0.4, 0.5) is 0 Å². The molecule has 0 spiro atoms. The van der Waals surface area contributed by atoms with E-state index in [2.05, 4.69) is 137 Å². The molecular formula is C54H38N4O. The molecule has 2 N–H and O–H groups in total. The lowest BCUT2D eigenvalue weighted by Crippen LogP contribution is -1.93. The number of allylic oxidation sites excluding steroid dienone is 1. The molecule has 0 aliphatic carbocycles. The molecule has 8 bridgehead atoms.